The monoisotopic (exact) mass is 558 g/mol. The Balaban J connectivity index is 1.40. The SMILES string of the molecule is O=C(CSc1ncc2c(n1)-c1ccccc1N(Cc1cccc(F)c1)S2(=O)=O)Nc1ccc(Cl)cc1F. The van der Waals surface area contributed by atoms with Crippen LogP contribution in [0.4, 0.5) is 20.2 Å². The molecule has 0 aliphatic carbocycles. The maximum Gasteiger partial charge on any atom is 0.268 e. The van der Waals surface area contributed by atoms with Crippen LogP contribution < -0.4 is 9.62 Å². The molecule has 0 radical (unpaired) electrons. The van der Waals surface area contributed by atoms with Crippen molar-refractivity contribution in [3.8, 4) is 11.3 Å². The van der Waals surface area contributed by atoms with E-state index in [2.05, 4.69) is 15.3 Å². The molecule has 0 spiro atoms. The minimum Gasteiger partial charge on any atom is -0.323 e. The number of hydrogen-bond donors (Lipinski definition) is 1. The van der Waals surface area contributed by atoms with Crippen molar-refractivity contribution >= 4 is 50.7 Å². The van der Waals surface area contributed by atoms with Gasteiger partial charge >= 0.3 is 0 Å². The van der Waals surface area contributed by atoms with Crippen LogP contribution in [0, 0.1) is 11.6 Å². The summed E-state index contributed by atoms with van der Waals surface area (Å²) in [7, 11) is -4.06. The Labute approximate surface area is 220 Å². The Hall–Kier alpha value is -3.54. The van der Waals surface area contributed by atoms with Crippen molar-refractivity contribution in [1.82, 2.24) is 9.97 Å². The first-order valence-corrected chi connectivity index (χ1v) is 13.6. The molecule has 188 valence electrons. The number of nitrogens with one attached hydrogen (secondary N) is 1. The highest BCUT2D eigenvalue weighted by atomic mass is 35.5. The van der Waals surface area contributed by atoms with Crippen molar-refractivity contribution in [2.24, 2.45) is 0 Å². The summed E-state index contributed by atoms with van der Waals surface area (Å²) in [5.74, 6) is -1.77. The summed E-state index contributed by atoms with van der Waals surface area (Å²) < 4.78 is 55.9. The lowest BCUT2D eigenvalue weighted by atomic mass is 10.1. The number of fused-ring (bicyclic) bond motifs is 3. The number of anilines is 2. The summed E-state index contributed by atoms with van der Waals surface area (Å²) >= 11 is 6.71. The molecule has 0 saturated heterocycles. The van der Waals surface area contributed by atoms with Crippen LogP contribution in [0.1, 0.15) is 5.56 Å². The molecule has 37 heavy (non-hydrogen) atoms. The third-order valence-electron chi connectivity index (χ3n) is 5.48. The van der Waals surface area contributed by atoms with Crippen LogP contribution >= 0.6 is 23.4 Å². The maximum atomic E-state index is 14.0. The smallest absolute Gasteiger partial charge is 0.268 e. The van der Waals surface area contributed by atoms with Crippen molar-refractivity contribution in [2.75, 3.05) is 15.4 Å². The molecule has 1 aliphatic heterocycles. The van der Waals surface area contributed by atoms with E-state index in [0.29, 0.717) is 16.8 Å². The van der Waals surface area contributed by atoms with E-state index in [4.69, 9.17) is 11.6 Å². The number of thioether (sulfide) groups is 1. The molecule has 7 nitrogen and oxygen atoms in total. The van der Waals surface area contributed by atoms with Gasteiger partial charge in [0.15, 0.2) is 5.16 Å². The van der Waals surface area contributed by atoms with Crippen molar-refractivity contribution < 1.29 is 22.0 Å². The second-order valence-corrected chi connectivity index (χ2v) is 11.2. The first-order chi connectivity index (χ1) is 17.7. The number of rotatable bonds is 6. The highest BCUT2D eigenvalue weighted by molar-refractivity contribution is 7.99. The van der Waals surface area contributed by atoms with E-state index in [9.17, 15) is 22.0 Å². The topological polar surface area (TPSA) is 92.3 Å². The van der Waals surface area contributed by atoms with Crippen LogP contribution in [0.2, 0.25) is 5.02 Å². The van der Waals surface area contributed by atoms with Gasteiger partial charge in [-0.1, -0.05) is 53.7 Å². The summed E-state index contributed by atoms with van der Waals surface area (Å²) in [5.41, 5.74) is 1.62. The Kier molecular flexibility index (Phi) is 6.84. The quantitative estimate of drug-likeness (QED) is 0.248. The zero-order valence-corrected chi connectivity index (χ0v) is 21.2. The second kappa shape index (κ2) is 10.1. The van der Waals surface area contributed by atoms with Gasteiger partial charge in [-0.3, -0.25) is 9.10 Å². The van der Waals surface area contributed by atoms with Gasteiger partial charge < -0.3 is 5.32 Å². The molecule has 0 fully saturated rings. The molecule has 1 N–H and O–H groups in total. The lowest BCUT2D eigenvalue weighted by Crippen LogP contribution is -2.34. The van der Waals surface area contributed by atoms with Crippen LogP contribution in [0.3, 0.4) is 0 Å². The number of sulfonamides is 1. The van der Waals surface area contributed by atoms with Gasteiger partial charge in [0.1, 0.15) is 16.5 Å². The van der Waals surface area contributed by atoms with Crippen LogP contribution in [-0.4, -0.2) is 30.0 Å². The molecule has 1 amide bonds. The molecule has 0 bridgehead atoms. The number of nitrogens with zero attached hydrogens (tertiary/aromatic N) is 3. The summed E-state index contributed by atoms with van der Waals surface area (Å²) in [4.78, 5) is 20.8. The van der Waals surface area contributed by atoms with Crippen molar-refractivity contribution in [2.45, 2.75) is 16.6 Å². The Morgan fingerprint density at radius 2 is 1.86 bits per heavy atom. The van der Waals surface area contributed by atoms with Gasteiger partial charge in [-0.15, -0.1) is 0 Å². The number of hydrogen-bond acceptors (Lipinski definition) is 6. The molecular formula is C25H17ClF2N4O3S2. The Morgan fingerprint density at radius 1 is 1.05 bits per heavy atom. The predicted octanol–water partition coefficient (Wildman–Crippen LogP) is 5.51. The van der Waals surface area contributed by atoms with E-state index < -0.39 is 27.6 Å². The summed E-state index contributed by atoms with van der Waals surface area (Å²) in [6.45, 7) is -0.0749. The third kappa shape index (κ3) is 5.15. The molecule has 4 aromatic rings. The second-order valence-electron chi connectivity index (χ2n) is 7.99. The molecule has 0 saturated carbocycles. The number of aromatic nitrogens is 2. The zero-order chi connectivity index (χ0) is 26.2. The fourth-order valence-corrected chi connectivity index (χ4v) is 6.16. The fourth-order valence-electron chi connectivity index (χ4n) is 3.82. The van der Waals surface area contributed by atoms with Crippen molar-refractivity contribution in [1.29, 1.82) is 0 Å². The lowest BCUT2D eigenvalue weighted by molar-refractivity contribution is -0.113. The standard InChI is InChI=1S/C25H17ClF2N4O3S2/c26-16-8-9-20(19(28)11-16)30-23(33)14-36-25-29-12-22-24(31-25)18-6-1-2-7-21(18)32(37(22,34)35)13-15-4-3-5-17(27)10-15/h1-12H,13-14H2,(H,30,33). The van der Waals surface area contributed by atoms with Gasteiger partial charge in [0.25, 0.3) is 10.0 Å². The number of carbonyl (C=O) groups is 1. The normalized spacial score (nSPS) is 13.5. The number of benzene rings is 3. The van der Waals surface area contributed by atoms with E-state index in [-0.39, 0.29) is 38.8 Å². The van der Waals surface area contributed by atoms with Gasteiger partial charge in [0.05, 0.1) is 35.6 Å². The van der Waals surface area contributed by atoms with Crippen LogP contribution in [0.15, 0.2) is 83.0 Å². The van der Waals surface area contributed by atoms with E-state index in [1.54, 1.807) is 30.3 Å². The molecule has 1 aromatic heterocycles. The van der Waals surface area contributed by atoms with E-state index >= 15 is 0 Å². The molecule has 3 aromatic carbocycles. The average molecular weight is 559 g/mol. The van der Waals surface area contributed by atoms with E-state index in [1.165, 1.54) is 40.8 Å². The van der Waals surface area contributed by atoms with Crippen LogP contribution in [-0.2, 0) is 21.4 Å². The largest absolute Gasteiger partial charge is 0.323 e. The molecule has 2 heterocycles. The molecular weight excluding hydrogens is 542 g/mol. The van der Waals surface area contributed by atoms with Gasteiger partial charge in [-0.2, -0.15) is 0 Å². The zero-order valence-electron chi connectivity index (χ0n) is 18.9. The van der Waals surface area contributed by atoms with E-state index in [0.717, 1.165) is 17.8 Å². The van der Waals surface area contributed by atoms with Crippen molar-refractivity contribution in [3.63, 3.8) is 0 Å². The summed E-state index contributed by atoms with van der Waals surface area (Å²) in [6.07, 6.45) is 1.20. The first kappa shape index (κ1) is 25.1. The number of amides is 1. The molecule has 12 heteroatoms. The van der Waals surface area contributed by atoms with Crippen LogP contribution in [0.25, 0.3) is 11.3 Å². The minimum atomic E-state index is -4.06. The molecule has 0 unspecified atom stereocenters. The predicted molar refractivity (Wildman–Crippen MR) is 138 cm³/mol. The summed E-state index contributed by atoms with van der Waals surface area (Å²) in [6, 6.07) is 16.5. The highest BCUT2D eigenvalue weighted by Crippen LogP contribution is 2.42. The Morgan fingerprint density at radius 3 is 2.65 bits per heavy atom. The Bertz CT molecular complexity index is 1640. The van der Waals surface area contributed by atoms with Gasteiger partial charge in [-0.25, -0.2) is 27.2 Å². The first-order valence-electron chi connectivity index (χ1n) is 10.8. The molecule has 1 aliphatic rings. The molecule has 5 rings (SSSR count). The van der Waals surface area contributed by atoms with Gasteiger partial charge in [-0.05, 0) is 42.0 Å². The summed E-state index contributed by atoms with van der Waals surface area (Å²) in [5, 5.41) is 2.83. The van der Waals surface area contributed by atoms with E-state index in [1.807, 2.05) is 0 Å². The maximum absolute atomic E-state index is 14.0. The average Bonchev–Trinajstić information content (AvgIpc) is 2.87. The number of halogens is 3. The third-order valence-corrected chi connectivity index (χ3v) is 8.34. The lowest BCUT2D eigenvalue weighted by Gasteiger charge is -2.31. The molecule has 0 atom stereocenters. The highest BCUT2D eigenvalue weighted by Gasteiger charge is 2.36. The minimum absolute atomic E-state index is 0.0141. The van der Waals surface area contributed by atoms with Crippen LogP contribution in [0.5, 0.6) is 0 Å². The fraction of sp³-hybridized carbons (Fsp3) is 0.0800. The number of carbonyl (C=O) groups excluding carboxylic acids is 1. The number of para-hydroxylation sites is 1. The van der Waals surface area contributed by atoms with Gasteiger partial charge in [0, 0.05) is 10.6 Å². The van der Waals surface area contributed by atoms with Crippen molar-refractivity contribution in [3.05, 3.63) is 95.1 Å². The van der Waals surface area contributed by atoms with Gasteiger partial charge in [0.2, 0.25) is 5.91 Å².